The lowest BCUT2D eigenvalue weighted by molar-refractivity contribution is -0.198. The number of aliphatic hydroxyl groups excluding tert-OH is 1. The zero-order valence-electron chi connectivity index (χ0n) is 15.8. The molecule has 29 heavy (non-hydrogen) atoms. The van der Waals surface area contributed by atoms with Crippen molar-refractivity contribution in [1.29, 1.82) is 0 Å². The quantitative estimate of drug-likeness (QED) is 0.675. The SMILES string of the molecule is CC1(C)O[C@H]2[C@@H](O1)[C@H](c1scc3c(N)ncnc13)O[C@@H]2[C@H](O)c1ccc(F)cc1. The average molecular weight is 417 g/mol. The molecule has 9 heteroatoms. The normalized spacial score (nSPS) is 29.2. The lowest BCUT2D eigenvalue weighted by Gasteiger charge is -2.26. The van der Waals surface area contributed by atoms with Crippen molar-refractivity contribution in [3.05, 3.63) is 52.2 Å². The molecular weight excluding hydrogens is 397 g/mol. The van der Waals surface area contributed by atoms with Gasteiger partial charge in [0.25, 0.3) is 0 Å². The minimum atomic E-state index is -1.00. The molecule has 7 nitrogen and oxygen atoms in total. The van der Waals surface area contributed by atoms with Crippen molar-refractivity contribution in [2.45, 2.75) is 50.2 Å². The van der Waals surface area contributed by atoms with E-state index in [-0.39, 0.29) is 5.82 Å². The van der Waals surface area contributed by atoms with Gasteiger partial charge in [-0.1, -0.05) is 12.1 Å². The summed E-state index contributed by atoms with van der Waals surface area (Å²) in [4.78, 5) is 9.25. The maximum absolute atomic E-state index is 13.3. The van der Waals surface area contributed by atoms with Crippen LogP contribution in [0.1, 0.15) is 36.5 Å². The minimum Gasteiger partial charge on any atom is -0.386 e. The highest BCUT2D eigenvalue weighted by atomic mass is 32.1. The van der Waals surface area contributed by atoms with Gasteiger partial charge < -0.3 is 25.1 Å². The monoisotopic (exact) mass is 417 g/mol. The van der Waals surface area contributed by atoms with Crippen LogP contribution >= 0.6 is 11.3 Å². The van der Waals surface area contributed by atoms with Crippen LogP contribution in [0, 0.1) is 5.82 Å². The number of aliphatic hydroxyl groups is 1. The number of aromatic nitrogens is 2. The predicted molar refractivity (Wildman–Crippen MR) is 105 cm³/mol. The highest BCUT2D eigenvalue weighted by Gasteiger charge is 2.58. The molecule has 5 atom stereocenters. The highest BCUT2D eigenvalue weighted by Crippen LogP contribution is 2.50. The number of nitrogen functional groups attached to an aromatic ring is 1. The third kappa shape index (κ3) is 3.10. The van der Waals surface area contributed by atoms with Gasteiger partial charge in [0.1, 0.15) is 48.5 Å². The Morgan fingerprint density at radius 2 is 1.90 bits per heavy atom. The van der Waals surface area contributed by atoms with Crippen LogP contribution in [0.15, 0.2) is 36.0 Å². The number of nitrogens with zero attached hydrogens (tertiary/aromatic N) is 2. The Morgan fingerprint density at radius 3 is 2.66 bits per heavy atom. The molecule has 2 aliphatic rings. The predicted octanol–water partition coefficient (Wildman–Crippen LogP) is 3.11. The number of benzene rings is 1. The molecule has 4 heterocycles. The molecule has 3 N–H and O–H groups in total. The van der Waals surface area contributed by atoms with E-state index < -0.39 is 36.3 Å². The molecule has 2 aromatic heterocycles. The van der Waals surface area contributed by atoms with E-state index in [4.69, 9.17) is 19.9 Å². The molecule has 5 rings (SSSR count). The van der Waals surface area contributed by atoms with E-state index in [9.17, 15) is 9.50 Å². The molecule has 0 amide bonds. The second kappa shape index (κ2) is 6.68. The number of thiophene rings is 1. The van der Waals surface area contributed by atoms with Crippen molar-refractivity contribution in [2.24, 2.45) is 0 Å². The van der Waals surface area contributed by atoms with E-state index in [0.29, 0.717) is 16.9 Å². The average Bonchev–Trinajstić information content (AvgIpc) is 3.33. The molecule has 152 valence electrons. The summed E-state index contributed by atoms with van der Waals surface area (Å²) in [7, 11) is 0. The summed E-state index contributed by atoms with van der Waals surface area (Å²) in [5.74, 6) is -0.786. The summed E-state index contributed by atoms with van der Waals surface area (Å²) in [6, 6.07) is 5.71. The standard InChI is InChI=1S/C20H20FN3O4S/c1-20(2)27-15-14(13(25)9-3-5-10(21)6-4-9)26-17(16(15)28-20)18-12-11(7-29-18)19(22)24-8-23-12/h3-8,13-17,25H,1-2H3,(H2,22,23,24)/t13-,14-,15-,16-,17-/m1/s1. The summed E-state index contributed by atoms with van der Waals surface area (Å²) in [5.41, 5.74) is 7.22. The number of rotatable bonds is 3. The Bertz CT molecular complexity index is 1060. The number of nitrogens with two attached hydrogens (primary N) is 1. The number of halogens is 1. The smallest absolute Gasteiger partial charge is 0.164 e. The topological polar surface area (TPSA) is 99.7 Å². The van der Waals surface area contributed by atoms with E-state index >= 15 is 0 Å². The number of ether oxygens (including phenoxy) is 3. The van der Waals surface area contributed by atoms with Gasteiger partial charge in [-0.15, -0.1) is 11.3 Å². The van der Waals surface area contributed by atoms with Crippen molar-refractivity contribution >= 4 is 28.1 Å². The molecule has 2 fully saturated rings. The largest absolute Gasteiger partial charge is 0.386 e. The van der Waals surface area contributed by atoms with Crippen LogP contribution in [0.25, 0.3) is 10.9 Å². The van der Waals surface area contributed by atoms with Crippen LogP contribution in [-0.2, 0) is 14.2 Å². The van der Waals surface area contributed by atoms with Crippen molar-refractivity contribution in [3.8, 4) is 0 Å². The Balaban J connectivity index is 1.53. The molecule has 0 bridgehead atoms. The van der Waals surface area contributed by atoms with Gasteiger partial charge in [0, 0.05) is 5.38 Å². The number of anilines is 1. The van der Waals surface area contributed by atoms with Crippen molar-refractivity contribution in [2.75, 3.05) is 5.73 Å². The highest BCUT2D eigenvalue weighted by molar-refractivity contribution is 7.11. The summed E-state index contributed by atoms with van der Waals surface area (Å²) >= 11 is 1.46. The fraction of sp³-hybridized carbons (Fsp3) is 0.400. The fourth-order valence-electron chi connectivity index (χ4n) is 4.05. The molecule has 3 aromatic rings. The summed E-state index contributed by atoms with van der Waals surface area (Å²) < 4.78 is 31.8. The van der Waals surface area contributed by atoms with Gasteiger partial charge in [-0.3, -0.25) is 0 Å². The maximum Gasteiger partial charge on any atom is 0.164 e. The first-order valence-corrected chi connectivity index (χ1v) is 10.1. The summed E-state index contributed by atoms with van der Waals surface area (Å²) in [6.07, 6.45) is -1.68. The second-order valence-corrected chi connectivity index (χ2v) is 8.61. The molecule has 1 aromatic carbocycles. The molecule has 0 spiro atoms. The Hall–Kier alpha value is -2.17. The molecule has 2 aliphatic heterocycles. The van der Waals surface area contributed by atoms with Gasteiger partial charge in [0.2, 0.25) is 0 Å². The van der Waals surface area contributed by atoms with Crippen LogP contribution in [-0.4, -0.2) is 39.2 Å². The third-order valence-corrected chi connectivity index (χ3v) is 6.36. The Labute approximate surface area is 170 Å². The van der Waals surface area contributed by atoms with Crippen LogP contribution in [0.4, 0.5) is 10.2 Å². The van der Waals surface area contributed by atoms with Gasteiger partial charge in [0.05, 0.1) is 15.8 Å². The number of fused-ring (bicyclic) bond motifs is 2. The first-order chi connectivity index (χ1) is 13.8. The van der Waals surface area contributed by atoms with Crippen molar-refractivity contribution < 1.29 is 23.7 Å². The van der Waals surface area contributed by atoms with E-state index in [1.807, 2.05) is 19.2 Å². The molecule has 0 unspecified atom stereocenters. The third-order valence-electron chi connectivity index (χ3n) is 5.32. The van der Waals surface area contributed by atoms with Gasteiger partial charge in [-0.2, -0.15) is 0 Å². The zero-order chi connectivity index (χ0) is 20.3. The van der Waals surface area contributed by atoms with E-state index in [2.05, 4.69) is 9.97 Å². The van der Waals surface area contributed by atoms with Crippen LogP contribution in [0.3, 0.4) is 0 Å². The lowest BCUT2D eigenvalue weighted by atomic mass is 9.98. The fourth-order valence-corrected chi connectivity index (χ4v) is 5.12. The molecule has 0 saturated carbocycles. The second-order valence-electron chi connectivity index (χ2n) is 7.70. The Morgan fingerprint density at radius 1 is 1.17 bits per heavy atom. The number of hydrogen-bond donors (Lipinski definition) is 2. The Kier molecular flexibility index (Phi) is 4.34. The van der Waals surface area contributed by atoms with Crippen LogP contribution < -0.4 is 5.73 Å². The van der Waals surface area contributed by atoms with E-state index in [1.165, 1.54) is 29.8 Å². The van der Waals surface area contributed by atoms with Crippen LogP contribution in [0.2, 0.25) is 0 Å². The molecular formula is C20H20FN3O4S. The summed E-state index contributed by atoms with van der Waals surface area (Å²) in [6.45, 7) is 3.66. The van der Waals surface area contributed by atoms with Gasteiger partial charge in [0.15, 0.2) is 5.79 Å². The summed E-state index contributed by atoms with van der Waals surface area (Å²) in [5, 5.41) is 13.6. The first kappa shape index (κ1) is 18.8. The van der Waals surface area contributed by atoms with E-state index in [0.717, 1.165) is 10.3 Å². The van der Waals surface area contributed by atoms with Gasteiger partial charge >= 0.3 is 0 Å². The molecule has 0 aliphatic carbocycles. The van der Waals surface area contributed by atoms with Gasteiger partial charge in [-0.25, -0.2) is 14.4 Å². The zero-order valence-corrected chi connectivity index (χ0v) is 16.6. The van der Waals surface area contributed by atoms with E-state index in [1.54, 1.807) is 12.1 Å². The maximum atomic E-state index is 13.3. The van der Waals surface area contributed by atoms with Crippen LogP contribution in [0.5, 0.6) is 0 Å². The van der Waals surface area contributed by atoms with Crippen molar-refractivity contribution in [3.63, 3.8) is 0 Å². The van der Waals surface area contributed by atoms with Gasteiger partial charge in [-0.05, 0) is 31.5 Å². The first-order valence-electron chi connectivity index (χ1n) is 9.26. The van der Waals surface area contributed by atoms with Crippen molar-refractivity contribution in [1.82, 2.24) is 9.97 Å². The number of hydrogen-bond acceptors (Lipinski definition) is 8. The minimum absolute atomic E-state index is 0.368. The molecule has 2 saturated heterocycles. The molecule has 0 radical (unpaired) electrons. The lowest BCUT2D eigenvalue weighted by Crippen LogP contribution is -2.34.